The number of hydrogen-bond donors (Lipinski definition) is 1. The molecule has 1 aliphatic carbocycles. The molecule has 2 rings (SSSR count). The molecule has 1 N–H and O–H groups in total. The van der Waals surface area contributed by atoms with Gasteiger partial charge in [-0.05, 0) is 36.3 Å². The quantitative estimate of drug-likeness (QED) is 0.745. The Hall–Kier alpha value is -1.06. The summed E-state index contributed by atoms with van der Waals surface area (Å²) in [6, 6.07) is 7.79. The van der Waals surface area contributed by atoms with E-state index in [4.69, 9.17) is 16.3 Å². The number of carbonyl (C=O) groups excluding carboxylic acids is 1. The van der Waals surface area contributed by atoms with Gasteiger partial charge < -0.3 is 10.1 Å². The van der Waals surface area contributed by atoms with Crippen molar-refractivity contribution in [3.63, 3.8) is 0 Å². The van der Waals surface area contributed by atoms with Crippen molar-refractivity contribution < 1.29 is 9.53 Å². The van der Waals surface area contributed by atoms with E-state index < -0.39 is 0 Å². The van der Waals surface area contributed by atoms with E-state index in [1.54, 1.807) is 0 Å². The van der Waals surface area contributed by atoms with Gasteiger partial charge in [0.15, 0.2) is 0 Å². The Labute approximate surface area is 132 Å². The molecular formula is C17H24ClNO2. The molecule has 0 spiro atoms. The fraction of sp³-hybridized carbons (Fsp3) is 0.588. The van der Waals surface area contributed by atoms with E-state index >= 15 is 0 Å². The number of amides is 1. The Morgan fingerprint density at radius 2 is 2.19 bits per heavy atom. The summed E-state index contributed by atoms with van der Waals surface area (Å²) in [6.07, 6.45) is 1.77. The van der Waals surface area contributed by atoms with Crippen LogP contribution in [0.25, 0.3) is 0 Å². The van der Waals surface area contributed by atoms with Crippen molar-refractivity contribution >= 4 is 17.5 Å². The third-order valence-corrected chi connectivity index (χ3v) is 3.99. The smallest absolute Gasteiger partial charge is 0.223 e. The van der Waals surface area contributed by atoms with Gasteiger partial charge in [-0.2, -0.15) is 0 Å². The minimum Gasteiger partial charge on any atom is -0.381 e. The summed E-state index contributed by atoms with van der Waals surface area (Å²) in [5.74, 6) is 1.07. The Kier molecular flexibility index (Phi) is 6.07. The van der Waals surface area contributed by atoms with Crippen LogP contribution in [-0.2, 0) is 9.53 Å². The molecule has 0 saturated heterocycles. The largest absolute Gasteiger partial charge is 0.381 e. The van der Waals surface area contributed by atoms with Crippen LogP contribution in [0.4, 0.5) is 0 Å². The average molecular weight is 310 g/mol. The number of hydrogen-bond acceptors (Lipinski definition) is 2. The van der Waals surface area contributed by atoms with Crippen LogP contribution in [0.1, 0.15) is 38.2 Å². The van der Waals surface area contributed by atoms with Gasteiger partial charge in [0.05, 0.1) is 0 Å². The molecule has 1 saturated carbocycles. The van der Waals surface area contributed by atoms with Gasteiger partial charge in [-0.15, -0.1) is 0 Å². The Bertz CT molecular complexity index is 476. The molecule has 21 heavy (non-hydrogen) atoms. The monoisotopic (exact) mass is 309 g/mol. The molecule has 0 heterocycles. The molecule has 1 amide bonds. The highest BCUT2D eigenvalue weighted by Crippen LogP contribution is 2.49. The highest BCUT2D eigenvalue weighted by molar-refractivity contribution is 6.31. The Morgan fingerprint density at radius 3 is 2.90 bits per heavy atom. The number of halogens is 1. The van der Waals surface area contributed by atoms with Crippen molar-refractivity contribution in [3.05, 3.63) is 34.9 Å². The number of nitrogens with one attached hydrogen (secondary N) is 1. The summed E-state index contributed by atoms with van der Waals surface area (Å²) < 4.78 is 5.49. The van der Waals surface area contributed by atoms with Gasteiger partial charge in [-0.25, -0.2) is 0 Å². The van der Waals surface area contributed by atoms with Gasteiger partial charge in [0.25, 0.3) is 0 Å². The van der Waals surface area contributed by atoms with E-state index in [2.05, 4.69) is 19.2 Å². The SMILES string of the molecule is CC(C)COCCCNC(=O)C1CC1c1ccccc1Cl. The van der Waals surface area contributed by atoms with Gasteiger partial charge >= 0.3 is 0 Å². The zero-order valence-corrected chi connectivity index (χ0v) is 13.5. The highest BCUT2D eigenvalue weighted by Gasteiger charge is 2.44. The van der Waals surface area contributed by atoms with Crippen molar-refractivity contribution in [2.45, 2.75) is 32.6 Å². The molecule has 2 atom stereocenters. The molecule has 1 aliphatic rings. The van der Waals surface area contributed by atoms with E-state index in [1.807, 2.05) is 24.3 Å². The van der Waals surface area contributed by atoms with Gasteiger partial charge in [0, 0.05) is 30.7 Å². The van der Waals surface area contributed by atoms with Crippen LogP contribution in [0.5, 0.6) is 0 Å². The molecule has 2 unspecified atom stereocenters. The molecule has 1 aromatic carbocycles. The molecule has 3 nitrogen and oxygen atoms in total. The maximum Gasteiger partial charge on any atom is 0.223 e. The maximum atomic E-state index is 12.0. The van der Waals surface area contributed by atoms with Crippen molar-refractivity contribution in [1.29, 1.82) is 0 Å². The van der Waals surface area contributed by atoms with E-state index in [1.165, 1.54) is 0 Å². The topological polar surface area (TPSA) is 38.3 Å². The molecule has 4 heteroatoms. The second-order valence-corrected chi connectivity index (χ2v) is 6.49. The Balaban J connectivity index is 1.64. The summed E-state index contributed by atoms with van der Waals surface area (Å²) in [6.45, 7) is 6.43. The molecule has 1 aromatic rings. The fourth-order valence-corrected chi connectivity index (χ4v) is 2.72. The maximum absolute atomic E-state index is 12.0. The number of carbonyl (C=O) groups is 1. The summed E-state index contributed by atoms with van der Waals surface area (Å²) in [7, 11) is 0. The lowest BCUT2D eigenvalue weighted by molar-refractivity contribution is -0.122. The second kappa shape index (κ2) is 7.81. The molecule has 116 valence electrons. The molecule has 0 bridgehead atoms. The van der Waals surface area contributed by atoms with Gasteiger partial charge in [-0.1, -0.05) is 43.6 Å². The van der Waals surface area contributed by atoms with Gasteiger partial charge in [0.2, 0.25) is 5.91 Å². The first-order chi connectivity index (χ1) is 10.1. The van der Waals surface area contributed by atoms with Crippen LogP contribution in [0.3, 0.4) is 0 Å². The van der Waals surface area contributed by atoms with E-state index in [0.29, 0.717) is 19.1 Å². The molecule has 0 aromatic heterocycles. The predicted molar refractivity (Wildman–Crippen MR) is 85.6 cm³/mol. The van der Waals surface area contributed by atoms with Crippen LogP contribution in [0, 0.1) is 11.8 Å². The van der Waals surface area contributed by atoms with Crippen LogP contribution in [-0.4, -0.2) is 25.7 Å². The molecular weight excluding hydrogens is 286 g/mol. The zero-order chi connectivity index (χ0) is 15.2. The number of ether oxygens (including phenoxy) is 1. The first-order valence-electron chi connectivity index (χ1n) is 7.69. The lowest BCUT2D eigenvalue weighted by atomic mass is 10.1. The fourth-order valence-electron chi connectivity index (χ4n) is 2.44. The number of benzene rings is 1. The van der Waals surface area contributed by atoms with Crippen LogP contribution >= 0.6 is 11.6 Å². The zero-order valence-electron chi connectivity index (χ0n) is 12.8. The van der Waals surface area contributed by atoms with Crippen molar-refractivity contribution in [2.75, 3.05) is 19.8 Å². The van der Waals surface area contributed by atoms with E-state index in [0.717, 1.165) is 30.0 Å². The van der Waals surface area contributed by atoms with Crippen molar-refractivity contribution in [2.24, 2.45) is 11.8 Å². The van der Waals surface area contributed by atoms with E-state index in [9.17, 15) is 4.79 Å². The van der Waals surface area contributed by atoms with Crippen LogP contribution in [0.15, 0.2) is 24.3 Å². The minimum atomic E-state index is 0.0847. The van der Waals surface area contributed by atoms with Gasteiger partial charge in [-0.3, -0.25) is 4.79 Å². The lowest BCUT2D eigenvalue weighted by Gasteiger charge is -2.08. The predicted octanol–water partition coefficient (Wildman–Crippen LogP) is 3.62. The van der Waals surface area contributed by atoms with Crippen molar-refractivity contribution in [1.82, 2.24) is 5.32 Å². The normalized spacial score (nSPS) is 20.6. The lowest BCUT2D eigenvalue weighted by Crippen LogP contribution is -2.27. The van der Waals surface area contributed by atoms with E-state index in [-0.39, 0.29) is 17.7 Å². The summed E-state index contributed by atoms with van der Waals surface area (Å²) >= 11 is 6.17. The molecule has 0 radical (unpaired) electrons. The van der Waals surface area contributed by atoms with Crippen molar-refractivity contribution in [3.8, 4) is 0 Å². The highest BCUT2D eigenvalue weighted by atomic mass is 35.5. The Morgan fingerprint density at radius 1 is 1.43 bits per heavy atom. The average Bonchev–Trinajstić information content (AvgIpc) is 3.23. The third-order valence-electron chi connectivity index (χ3n) is 3.65. The summed E-state index contributed by atoms with van der Waals surface area (Å²) in [4.78, 5) is 12.0. The second-order valence-electron chi connectivity index (χ2n) is 6.08. The first-order valence-corrected chi connectivity index (χ1v) is 8.07. The number of rotatable bonds is 8. The molecule has 1 fully saturated rings. The molecule has 0 aliphatic heterocycles. The van der Waals surface area contributed by atoms with Crippen LogP contribution < -0.4 is 5.32 Å². The third kappa shape index (κ3) is 5.01. The van der Waals surface area contributed by atoms with Gasteiger partial charge in [0.1, 0.15) is 0 Å². The first kappa shape index (κ1) is 16.3. The summed E-state index contributed by atoms with van der Waals surface area (Å²) in [5.41, 5.74) is 1.10. The minimum absolute atomic E-state index is 0.0847. The summed E-state index contributed by atoms with van der Waals surface area (Å²) in [5, 5.41) is 3.75. The van der Waals surface area contributed by atoms with Crippen LogP contribution in [0.2, 0.25) is 5.02 Å². The standard InChI is InChI=1S/C17H24ClNO2/c1-12(2)11-21-9-5-8-19-17(20)15-10-14(15)13-6-3-4-7-16(13)18/h3-4,6-7,12,14-15H,5,8-11H2,1-2H3,(H,19,20).